The van der Waals surface area contributed by atoms with Gasteiger partial charge in [0.1, 0.15) is 5.69 Å². The number of hydrogen-bond acceptors (Lipinski definition) is 2. The molecule has 0 aliphatic heterocycles. The van der Waals surface area contributed by atoms with E-state index in [2.05, 4.69) is 15.0 Å². The van der Waals surface area contributed by atoms with Gasteiger partial charge >= 0.3 is 5.97 Å². The molecule has 6 aromatic rings. The molecule has 130 valence electrons. The normalized spacial score (nSPS) is 12.1. The van der Waals surface area contributed by atoms with Crippen LogP contribution >= 0.6 is 0 Å². The second-order valence-electron chi connectivity index (χ2n) is 6.74. The maximum absolute atomic E-state index is 11.9. The van der Waals surface area contributed by atoms with Gasteiger partial charge in [0.15, 0.2) is 5.88 Å². The molecule has 0 amide bonds. The molecule has 0 aliphatic rings. The number of rotatable bonds is 1. The Morgan fingerprint density at radius 3 is 1.78 bits per heavy atom. The largest absolute Gasteiger partial charge is 0.494 e. The fourth-order valence-corrected chi connectivity index (χ4v) is 4.32. The zero-order valence-corrected chi connectivity index (χ0v) is 13.9. The first-order valence-corrected chi connectivity index (χ1v) is 8.56. The predicted molar refractivity (Wildman–Crippen MR) is 106 cm³/mol. The zero-order valence-electron chi connectivity index (χ0n) is 13.9. The van der Waals surface area contributed by atoms with Crippen molar-refractivity contribution < 1.29 is 15.0 Å². The Kier molecular flexibility index (Phi) is 2.44. The first-order valence-electron chi connectivity index (χ1n) is 8.56. The van der Waals surface area contributed by atoms with Crippen molar-refractivity contribution in [1.82, 2.24) is 15.0 Å². The Labute approximate surface area is 151 Å². The van der Waals surface area contributed by atoms with Gasteiger partial charge in [-0.15, -0.1) is 0 Å². The van der Waals surface area contributed by atoms with Gasteiger partial charge in [-0.1, -0.05) is 36.4 Å². The fourth-order valence-electron chi connectivity index (χ4n) is 4.32. The van der Waals surface area contributed by atoms with Crippen LogP contribution in [0.15, 0.2) is 48.5 Å². The number of benzene rings is 3. The quantitative estimate of drug-likeness (QED) is 0.291. The highest BCUT2D eigenvalue weighted by Gasteiger charge is 2.25. The number of hydrogen-bond donors (Lipinski definition) is 5. The average Bonchev–Trinajstić information content (AvgIpc) is 3.32. The number of fused-ring (bicyclic) bond motifs is 10. The van der Waals surface area contributed by atoms with Crippen molar-refractivity contribution in [3.8, 4) is 5.88 Å². The summed E-state index contributed by atoms with van der Waals surface area (Å²) in [5, 5.41) is 24.9. The van der Waals surface area contributed by atoms with Crippen LogP contribution in [-0.4, -0.2) is 31.1 Å². The molecule has 0 spiro atoms. The van der Waals surface area contributed by atoms with Crippen LogP contribution in [0.2, 0.25) is 0 Å². The summed E-state index contributed by atoms with van der Waals surface area (Å²) in [4.78, 5) is 21.4. The average molecular weight is 355 g/mol. The third kappa shape index (κ3) is 1.62. The molecule has 0 atom stereocenters. The van der Waals surface area contributed by atoms with Crippen molar-refractivity contribution in [2.75, 3.05) is 0 Å². The highest BCUT2D eigenvalue weighted by Crippen LogP contribution is 2.45. The third-order valence-electron chi connectivity index (χ3n) is 5.36. The van der Waals surface area contributed by atoms with Crippen LogP contribution in [0.3, 0.4) is 0 Å². The van der Waals surface area contributed by atoms with Crippen LogP contribution in [0, 0.1) is 0 Å². The number of aromatic amines is 3. The van der Waals surface area contributed by atoms with Crippen molar-refractivity contribution in [3.63, 3.8) is 0 Å². The summed E-state index contributed by atoms with van der Waals surface area (Å²) in [6, 6.07) is 15.6. The van der Waals surface area contributed by atoms with Gasteiger partial charge in [-0.25, -0.2) is 4.79 Å². The number of aromatic carboxylic acids is 1. The SMILES string of the molecule is O=C(O)c1[nH]c(O)c2c1c1c3ccccc3[nH]c1c1[nH]c3ccccc3c12. The first-order chi connectivity index (χ1) is 13.1. The summed E-state index contributed by atoms with van der Waals surface area (Å²) in [6.07, 6.45) is 0. The molecule has 27 heavy (non-hydrogen) atoms. The molecule has 0 unspecified atom stereocenters. The second-order valence-corrected chi connectivity index (χ2v) is 6.74. The Morgan fingerprint density at radius 2 is 1.22 bits per heavy atom. The molecule has 6 heteroatoms. The monoisotopic (exact) mass is 355 g/mol. The van der Waals surface area contributed by atoms with E-state index in [1.807, 2.05) is 48.5 Å². The molecule has 6 nitrogen and oxygen atoms in total. The Bertz CT molecular complexity index is 1570. The van der Waals surface area contributed by atoms with Crippen LogP contribution in [0.1, 0.15) is 10.5 Å². The number of carboxylic acids is 1. The van der Waals surface area contributed by atoms with Gasteiger partial charge in [0.25, 0.3) is 0 Å². The van der Waals surface area contributed by atoms with Crippen LogP contribution in [0.25, 0.3) is 54.4 Å². The molecule has 0 saturated carbocycles. The molecular weight excluding hydrogens is 342 g/mol. The van der Waals surface area contributed by atoms with E-state index in [1.54, 1.807) is 0 Å². The summed E-state index contributed by atoms with van der Waals surface area (Å²) in [6.45, 7) is 0. The lowest BCUT2D eigenvalue weighted by atomic mass is 10.00. The minimum atomic E-state index is -1.11. The van der Waals surface area contributed by atoms with Gasteiger partial charge in [0, 0.05) is 38.0 Å². The van der Waals surface area contributed by atoms with Crippen molar-refractivity contribution >= 4 is 60.4 Å². The lowest BCUT2D eigenvalue weighted by molar-refractivity contribution is 0.0692. The molecule has 3 heterocycles. The molecule has 5 N–H and O–H groups in total. The van der Waals surface area contributed by atoms with Gasteiger partial charge in [-0.2, -0.15) is 0 Å². The summed E-state index contributed by atoms with van der Waals surface area (Å²) in [5.41, 5.74) is 3.51. The van der Waals surface area contributed by atoms with E-state index >= 15 is 0 Å². The van der Waals surface area contributed by atoms with Crippen molar-refractivity contribution in [2.24, 2.45) is 0 Å². The molecule has 6 rings (SSSR count). The molecule has 0 fully saturated rings. The number of H-pyrrole nitrogens is 3. The Morgan fingerprint density at radius 1 is 0.704 bits per heavy atom. The maximum Gasteiger partial charge on any atom is 0.353 e. The van der Waals surface area contributed by atoms with E-state index < -0.39 is 5.97 Å². The first kappa shape index (κ1) is 14.3. The van der Waals surface area contributed by atoms with Crippen LogP contribution in [0.4, 0.5) is 0 Å². The highest BCUT2D eigenvalue weighted by molar-refractivity contribution is 6.38. The van der Waals surface area contributed by atoms with Gasteiger partial charge in [0.2, 0.25) is 0 Å². The highest BCUT2D eigenvalue weighted by atomic mass is 16.4. The van der Waals surface area contributed by atoms with E-state index in [0.29, 0.717) is 10.8 Å². The van der Waals surface area contributed by atoms with Gasteiger partial charge in [-0.3, -0.25) is 0 Å². The minimum Gasteiger partial charge on any atom is -0.494 e. The molecule has 0 bridgehead atoms. The summed E-state index contributed by atoms with van der Waals surface area (Å²) in [5.74, 6) is -1.24. The van der Waals surface area contributed by atoms with Crippen molar-refractivity contribution in [1.29, 1.82) is 0 Å². The predicted octanol–water partition coefficient (Wildman–Crippen LogP) is 4.84. The van der Waals surface area contributed by atoms with Crippen LogP contribution < -0.4 is 0 Å². The van der Waals surface area contributed by atoms with E-state index in [4.69, 9.17) is 0 Å². The fraction of sp³-hybridized carbons (Fsp3) is 0. The molecule has 0 saturated heterocycles. The lowest BCUT2D eigenvalue weighted by Crippen LogP contribution is -1.96. The molecule has 0 aliphatic carbocycles. The smallest absolute Gasteiger partial charge is 0.353 e. The minimum absolute atomic E-state index is 0.00978. The maximum atomic E-state index is 11.9. The number of aromatic hydroxyl groups is 1. The molecule has 3 aromatic heterocycles. The summed E-state index contributed by atoms with van der Waals surface area (Å²) >= 11 is 0. The zero-order chi connectivity index (χ0) is 18.3. The number of para-hydroxylation sites is 2. The summed E-state index contributed by atoms with van der Waals surface area (Å²) in [7, 11) is 0. The van der Waals surface area contributed by atoms with Gasteiger partial charge < -0.3 is 25.2 Å². The number of carboxylic acid groups (broad SMARTS) is 1. The van der Waals surface area contributed by atoms with Crippen LogP contribution in [-0.2, 0) is 0 Å². The molecule has 0 radical (unpaired) electrons. The van der Waals surface area contributed by atoms with Crippen LogP contribution in [0.5, 0.6) is 5.88 Å². The van der Waals surface area contributed by atoms with Gasteiger partial charge in [0.05, 0.1) is 16.4 Å². The summed E-state index contributed by atoms with van der Waals surface area (Å²) < 4.78 is 0. The van der Waals surface area contributed by atoms with Crippen molar-refractivity contribution in [3.05, 3.63) is 54.2 Å². The van der Waals surface area contributed by atoms with E-state index in [9.17, 15) is 15.0 Å². The topological polar surface area (TPSA) is 105 Å². The Balaban J connectivity index is 2.08. The van der Waals surface area contributed by atoms with Crippen molar-refractivity contribution in [2.45, 2.75) is 0 Å². The number of nitrogens with one attached hydrogen (secondary N) is 3. The number of carbonyl (C=O) groups is 1. The van der Waals surface area contributed by atoms with E-state index in [-0.39, 0.29) is 11.6 Å². The molecule has 3 aromatic carbocycles. The third-order valence-corrected chi connectivity index (χ3v) is 5.36. The Hall–Kier alpha value is -3.93. The second kappa shape index (κ2) is 4.62. The molecular formula is C21H13N3O3. The number of aromatic nitrogens is 3. The van der Waals surface area contributed by atoms with E-state index in [0.717, 1.165) is 43.6 Å². The van der Waals surface area contributed by atoms with Gasteiger partial charge in [-0.05, 0) is 12.1 Å². The lowest BCUT2D eigenvalue weighted by Gasteiger charge is -2.01. The van der Waals surface area contributed by atoms with E-state index in [1.165, 1.54) is 0 Å². The standard InChI is InChI=1S/C21H13N3O3/c25-20-16-14-10-6-2-4-8-12(10)23-18(14)17-13(15(16)19(24-20)21(26)27)9-5-1-3-7-11(9)22-17/h1-8,22-25H,(H,26,27).